The Bertz CT molecular complexity index is 195. The van der Waals surface area contributed by atoms with Gasteiger partial charge in [-0.3, -0.25) is 0 Å². The van der Waals surface area contributed by atoms with Crippen molar-refractivity contribution in [3.05, 3.63) is 12.3 Å². The normalized spacial score (nSPS) is 32.3. The van der Waals surface area contributed by atoms with Crippen LogP contribution in [0.4, 0.5) is 0 Å². The lowest BCUT2D eigenvalue weighted by Gasteiger charge is -2.31. The molecule has 1 rings (SSSR count). The zero-order valence-electron chi connectivity index (χ0n) is 6.07. The lowest BCUT2D eigenvalue weighted by Crippen LogP contribution is -2.42. The van der Waals surface area contributed by atoms with Crippen molar-refractivity contribution in [2.75, 3.05) is 7.05 Å². The van der Waals surface area contributed by atoms with E-state index in [0.29, 0.717) is 5.84 Å². The highest BCUT2D eigenvalue weighted by Gasteiger charge is 2.24. The van der Waals surface area contributed by atoms with E-state index in [-0.39, 0.29) is 0 Å². The molecule has 1 aliphatic rings. The van der Waals surface area contributed by atoms with Crippen LogP contribution in [0.5, 0.6) is 0 Å². The van der Waals surface area contributed by atoms with E-state index in [0.717, 1.165) is 0 Å². The summed E-state index contributed by atoms with van der Waals surface area (Å²) in [7, 11) is 1.73. The lowest BCUT2D eigenvalue weighted by molar-refractivity contribution is -0.0463. The summed E-state index contributed by atoms with van der Waals surface area (Å²) in [5.41, 5.74) is 5.35. The maximum atomic E-state index is 9.42. The summed E-state index contributed by atoms with van der Waals surface area (Å²) in [6, 6.07) is 0. The Morgan fingerprint density at radius 2 is 2.40 bits per heavy atom. The van der Waals surface area contributed by atoms with Gasteiger partial charge in [-0.05, 0) is 6.08 Å². The molecule has 10 heavy (non-hydrogen) atoms. The molecular weight excluding hydrogens is 130 g/mol. The van der Waals surface area contributed by atoms with E-state index in [2.05, 4.69) is 4.99 Å². The SMILES string of the molecule is CN1C=CC(N)=NC1(C)O. The largest absolute Gasteiger partial charge is 0.384 e. The number of rotatable bonds is 0. The average Bonchev–Trinajstić information content (AvgIpc) is 1.78. The van der Waals surface area contributed by atoms with Gasteiger partial charge in [0, 0.05) is 20.2 Å². The molecule has 3 N–H and O–H groups in total. The van der Waals surface area contributed by atoms with E-state index >= 15 is 0 Å². The molecule has 0 radical (unpaired) electrons. The number of hydrogen-bond acceptors (Lipinski definition) is 4. The molecule has 1 unspecified atom stereocenters. The van der Waals surface area contributed by atoms with E-state index < -0.39 is 5.85 Å². The van der Waals surface area contributed by atoms with Crippen molar-refractivity contribution in [3.8, 4) is 0 Å². The average molecular weight is 141 g/mol. The first-order chi connectivity index (χ1) is 4.52. The predicted molar refractivity (Wildman–Crippen MR) is 39.1 cm³/mol. The van der Waals surface area contributed by atoms with Gasteiger partial charge in [-0.25, -0.2) is 4.99 Å². The zero-order valence-corrected chi connectivity index (χ0v) is 6.07. The molecule has 0 saturated heterocycles. The van der Waals surface area contributed by atoms with Crippen LogP contribution in [-0.2, 0) is 0 Å². The van der Waals surface area contributed by atoms with Gasteiger partial charge in [0.25, 0.3) is 0 Å². The summed E-state index contributed by atoms with van der Waals surface area (Å²) < 4.78 is 0. The van der Waals surface area contributed by atoms with Crippen LogP contribution in [0.25, 0.3) is 0 Å². The summed E-state index contributed by atoms with van der Waals surface area (Å²) in [5.74, 6) is -0.832. The van der Waals surface area contributed by atoms with Gasteiger partial charge in [0.15, 0.2) is 0 Å². The van der Waals surface area contributed by atoms with E-state index in [9.17, 15) is 5.11 Å². The molecule has 4 nitrogen and oxygen atoms in total. The van der Waals surface area contributed by atoms with Crippen LogP contribution in [0, 0.1) is 0 Å². The van der Waals surface area contributed by atoms with Crippen LogP contribution >= 0.6 is 0 Å². The van der Waals surface area contributed by atoms with Gasteiger partial charge in [-0.1, -0.05) is 0 Å². The summed E-state index contributed by atoms with van der Waals surface area (Å²) in [6.07, 6.45) is 3.32. The van der Waals surface area contributed by atoms with Crippen molar-refractivity contribution in [2.24, 2.45) is 10.7 Å². The first-order valence-corrected chi connectivity index (χ1v) is 3.01. The predicted octanol–water partition coefficient (Wildman–Crippen LogP) is -0.531. The number of aliphatic imine (C=N–C) groups is 1. The Hall–Kier alpha value is -1.03. The molecule has 0 amide bonds. The van der Waals surface area contributed by atoms with Crippen LogP contribution in [0.2, 0.25) is 0 Å². The minimum Gasteiger partial charge on any atom is -0.384 e. The highest BCUT2D eigenvalue weighted by Crippen LogP contribution is 2.14. The van der Waals surface area contributed by atoms with Gasteiger partial charge in [-0.15, -0.1) is 0 Å². The highest BCUT2D eigenvalue weighted by molar-refractivity contribution is 5.92. The summed E-state index contributed by atoms with van der Waals surface area (Å²) in [5, 5.41) is 9.42. The van der Waals surface area contributed by atoms with Crippen LogP contribution < -0.4 is 5.73 Å². The monoisotopic (exact) mass is 141 g/mol. The summed E-state index contributed by atoms with van der Waals surface area (Å²) in [6.45, 7) is 1.57. The van der Waals surface area contributed by atoms with Gasteiger partial charge in [0.05, 0.1) is 0 Å². The molecule has 0 saturated carbocycles. The fourth-order valence-corrected chi connectivity index (χ4v) is 0.690. The van der Waals surface area contributed by atoms with Gasteiger partial charge >= 0.3 is 0 Å². The molecule has 0 bridgehead atoms. The molecule has 0 spiro atoms. The fraction of sp³-hybridized carbons (Fsp3) is 0.500. The first kappa shape index (κ1) is 7.08. The third-order valence-corrected chi connectivity index (χ3v) is 1.48. The van der Waals surface area contributed by atoms with E-state index in [1.807, 2.05) is 0 Å². The van der Waals surface area contributed by atoms with Crippen LogP contribution in [-0.4, -0.2) is 28.7 Å². The van der Waals surface area contributed by atoms with Crippen LogP contribution in [0.3, 0.4) is 0 Å². The first-order valence-electron chi connectivity index (χ1n) is 3.01. The quantitative estimate of drug-likeness (QED) is 0.476. The minimum atomic E-state index is -1.18. The maximum Gasteiger partial charge on any atom is 0.234 e. The van der Waals surface area contributed by atoms with Gasteiger partial charge in [0.2, 0.25) is 5.85 Å². The van der Waals surface area contributed by atoms with Crippen molar-refractivity contribution in [1.29, 1.82) is 0 Å². The number of hydrogen-bond donors (Lipinski definition) is 2. The molecule has 0 aromatic rings. The van der Waals surface area contributed by atoms with Crippen molar-refractivity contribution in [3.63, 3.8) is 0 Å². The van der Waals surface area contributed by atoms with Crippen molar-refractivity contribution >= 4 is 5.84 Å². The molecule has 0 aliphatic carbocycles. The lowest BCUT2D eigenvalue weighted by atomic mass is 10.3. The van der Waals surface area contributed by atoms with E-state index in [1.54, 1.807) is 31.1 Å². The summed E-state index contributed by atoms with van der Waals surface area (Å²) >= 11 is 0. The molecule has 0 aromatic carbocycles. The smallest absolute Gasteiger partial charge is 0.234 e. The second kappa shape index (κ2) is 1.98. The van der Waals surface area contributed by atoms with Gasteiger partial charge in [-0.2, -0.15) is 0 Å². The Kier molecular flexibility index (Phi) is 1.40. The number of nitrogens with two attached hydrogens (primary N) is 1. The number of aliphatic hydroxyl groups is 1. The Morgan fingerprint density at radius 3 is 2.80 bits per heavy atom. The topological polar surface area (TPSA) is 61.8 Å². The molecular formula is C6H11N3O. The van der Waals surface area contributed by atoms with Crippen molar-refractivity contribution < 1.29 is 5.11 Å². The van der Waals surface area contributed by atoms with E-state index in [4.69, 9.17) is 5.73 Å². The Morgan fingerprint density at radius 1 is 1.80 bits per heavy atom. The minimum absolute atomic E-state index is 0.350. The number of nitrogens with zero attached hydrogens (tertiary/aromatic N) is 2. The van der Waals surface area contributed by atoms with Gasteiger partial charge < -0.3 is 15.7 Å². The standard InChI is InChI=1S/C6H11N3O/c1-6(10)8-5(7)3-4-9(6)2/h3-4,10H,1-2H3,(H2,7,8). The fourth-order valence-electron chi connectivity index (χ4n) is 0.690. The second-order valence-electron chi connectivity index (χ2n) is 2.43. The molecule has 1 atom stereocenters. The van der Waals surface area contributed by atoms with Gasteiger partial charge in [0.1, 0.15) is 5.84 Å². The second-order valence-corrected chi connectivity index (χ2v) is 2.43. The van der Waals surface area contributed by atoms with Crippen LogP contribution in [0.15, 0.2) is 17.3 Å². The molecule has 1 aliphatic heterocycles. The molecule has 0 aromatic heterocycles. The third kappa shape index (κ3) is 1.11. The number of amidine groups is 1. The van der Waals surface area contributed by atoms with Crippen LogP contribution in [0.1, 0.15) is 6.92 Å². The Labute approximate surface area is 59.7 Å². The molecule has 4 heteroatoms. The third-order valence-electron chi connectivity index (χ3n) is 1.48. The highest BCUT2D eigenvalue weighted by atomic mass is 16.3. The molecule has 56 valence electrons. The zero-order chi connectivity index (χ0) is 7.78. The summed E-state index contributed by atoms with van der Waals surface area (Å²) in [4.78, 5) is 5.36. The van der Waals surface area contributed by atoms with E-state index in [1.165, 1.54) is 0 Å². The molecule has 1 heterocycles. The Balaban J connectivity index is 2.88. The van der Waals surface area contributed by atoms with Crippen molar-refractivity contribution in [2.45, 2.75) is 12.8 Å². The molecule has 0 fully saturated rings. The van der Waals surface area contributed by atoms with Crippen molar-refractivity contribution in [1.82, 2.24) is 4.90 Å². The maximum absolute atomic E-state index is 9.42.